The van der Waals surface area contributed by atoms with Crippen molar-refractivity contribution in [1.29, 1.82) is 5.26 Å². The Labute approximate surface area is 125 Å². The van der Waals surface area contributed by atoms with Crippen molar-refractivity contribution in [3.05, 3.63) is 35.9 Å². The van der Waals surface area contributed by atoms with E-state index in [0.717, 1.165) is 25.1 Å². The Morgan fingerprint density at radius 2 is 2.14 bits per heavy atom. The zero-order chi connectivity index (χ0) is 14.7. The lowest BCUT2D eigenvalue weighted by Gasteiger charge is -2.22. The van der Waals surface area contributed by atoms with Crippen LogP contribution in [0.5, 0.6) is 0 Å². The fourth-order valence-corrected chi connectivity index (χ4v) is 3.58. The highest BCUT2D eigenvalue weighted by Crippen LogP contribution is 2.28. The molecule has 0 aromatic heterocycles. The molecule has 1 aromatic rings. The third kappa shape index (κ3) is 3.08. The van der Waals surface area contributed by atoms with E-state index in [-0.39, 0.29) is 11.9 Å². The topological polar surface area (TPSA) is 56.1 Å². The van der Waals surface area contributed by atoms with Gasteiger partial charge in [-0.1, -0.05) is 30.3 Å². The van der Waals surface area contributed by atoms with Crippen LogP contribution in [-0.2, 0) is 11.2 Å². The molecule has 110 valence electrons. The standard InChI is InChI=1S/C17H21N3O/c18-12-14(11-13-5-2-1-3-6-13)17(21)19-15-8-10-20-9-4-7-16(15)20/h1-3,5-6,14-16H,4,7-11H2,(H,19,21). The van der Waals surface area contributed by atoms with Crippen LogP contribution in [0, 0.1) is 17.2 Å². The molecule has 3 rings (SSSR count). The first-order chi connectivity index (χ1) is 10.3. The van der Waals surface area contributed by atoms with Crippen LogP contribution in [0.4, 0.5) is 0 Å². The number of hydrogen-bond donors (Lipinski definition) is 1. The van der Waals surface area contributed by atoms with Gasteiger partial charge in [-0.25, -0.2) is 0 Å². The van der Waals surface area contributed by atoms with E-state index in [1.807, 2.05) is 30.3 Å². The van der Waals surface area contributed by atoms with Gasteiger partial charge < -0.3 is 5.32 Å². The van der Waals surface area contributed by atoms with E-state index in [9.17, 15) is 10.1 Å². The Bertz CT molecular complexity index is 537. The van der Waals surface area contributed by atoms with Crippen LogP contribution in [0.25, 0.3) is 0 Å². The molecular formula is C17H21N3O. The largest absolute Gasteiger partial charge is 0.351 e. The highest BCUT2D eigenvalue weighted by atomic mass is 16.2. The summed E-state index contributed by atoms with van der Waals surface area (Å²) in [7, 11) is 0. The fraction of sp³-hybridized carbons (Fsp3) is 0.529. The minimum atomic E-state index is -0.595. The Kier molecular flexibility index (Phi) is 4.21. The molecule has 3 unspecified atom stereocenters. The first-order valence-electron chi connectivity index (χ1n) is 7.76. The first kappa shape index (κ1) is 14.1. The molecule has 2 aliphatic rings. The number of nitrogens with one attached hydrogen (secondary N) is 1. The molecule has 21 heavy (non-hydrogen) atoms. The molecule has 0 radical (unpaired) electrons. The molecule has 3 atom stereocenters. The van der Waals surface area contributed by atoms with Gasteiger partial charge in [-0.3, -0.25) is 9.69 Å². The zero-order valence-corrected chi connectivity index (χ0v) is 12.2. The molecule has 1 aromatic carbocycles. The van der Waals surface area contributed by atoms with Gasteiger partial charge >= 0.3 is 0 Å². The molecule has 2 heterocycles. The predicted octanol–water partition coefficient (Wildman–Crippen LogP) is 1.72. The SMILES string of the molecule is N#CC(Cc1ccccc1)C(=O)NC1CCN2CCCC12. The lowest BCUT2D eigenvalue weighted by atomic mass is 9.98. The number of carbonyl (C=O) groups is 1. The van der Waals surface area contributed by atoms with Gasteiger partial charge in [0.05, 0.1) is 6.07 Å². The molecule has 0 spiro atoms. The number of nitriles is 1. The van der Waals surface area contributed by atoms with Gasteiger partial charge in [0, 0.05) is 18.6 Å². The second kappa shape index (κ2) is 6.28. The summed E-state index contributed by atoms with van der Waals surface area (Å²) in [6, 6.07) is 12.6. The summed E-state index contributed by atoms with van der Waals surface area (Å²) < 4.78 is 0. The Balaban J connectivity index is 1.60. The van der Waals surface area contributed by atoms with Gasteiger partial charge in [-0.05, 0) is 37.8 Å². The molecule has 1 amide bonds. The van der Waals surface area contributed by atoms with E-state index in [1.54, 1.807) is 0 Å². The second-order valence-electron chi connectivity index (χ2n) is 6.02. The molecule has 0 aliphatic carbocycles. The van der Waals surface area contributed by atoms with Crippen LogP contribution in [0.1, 0.15) is 24.8 Å². The van der Waals surface area contributed by atoms with Crippen LogP contribution < -0.4 is 5.32 Å². The summed E-state index contributed by atoms with van der Waals surface area (Å²) in [5, 5.41) is 12.4. The van der Waals surface area contributed by atoms with Crippen LogP contribution in [-0.4, -0.2) is 36.0 Å². The third-order valence-corrected chi connectivity index (χ3v) is 4.69. The normalized spacial score (nSPS) is 26.0. The van der Waals surface area contributed by atoms with Crippen LogP contribution in [0.3, 0.4) is 0 Å². The minimum Gasteiger partial charge on any atom is -0.351 e. The Morgan fingerprint density at radius 1 is 1.33 bits per heavy atom. The maximum absolute atomic E-state index is 12.4. The molecule has 4 heteroatoms. The maximum Gasteiger partial charge on any atom is 0.237 e. The molecule has 0 saturated carbocycles. The molecule has 2 aliphatic heterocycles. The first-order valence-corrected chi connectivity index (χ1v) is 7.76. The lowest BCUT2D eigenvalue weighted by molar-refractivity contribution is -0.124. The lowest BCUT2D eigenvalue weighted by Crippen LogP contribution is -2.44. The maximum atomic E-state index is 12.4. The van der Waals surface area contributed by atoms with Gasteiger partial charge in [0.15, 0.2) is 0 Å². The molecule has 1 N–H and O–H groups in total. The Hall–Kier alpha value is -1.86. The second-order valence-corrected chi connectivity index (χ2v) is 6.02. The van der Waals surface area contributed by atoms with Crippen LogP contribution in [0.2, 0.25) is 0 Å². The smallest absolute Gasteiger partial charge is 0.237 e. The summed E-state index contributed by atoms with van der Waals surface area (Å²) in [5.41, 5.74) is 1.04. The van der Waals surface area contributed by atoms with Crippen molar-refractivity contribution in [3.8, 4) is 6.07 Å². The predicted molar refractivity (Wildman–Crippen MR) is 80.4 cm³/mol. The summed E-state index contributed by atoms with van der Waals surface area (Å²) in [6.45, 7) is 2.23. The van der Waals surface area contributed by atoms with E-state index < -0.39 is 5.92 Å². The highest BCUT2D eigenvalue weighted by molar-refractivity contribution is 5.81. The molecule has 2 saturated heterocycles. The number of rotatable bonds is 4. The number of amides is 1. The van der Waals surface area contributed by atoms with Crippen LogP contribution in [0.15, 0.2) is 30.3 Å². The van der Waals surface area contributed by atoms with E-state index >= 15 is 0 Å². The number of hydrogen-bond acceptors (Lipinski definition) is 3. The average molecular weight is 283 g/mol. The van der Waals surface area contributed by atoms with E-state index in [2.05, 4.69) is 16.3 Å². The minimum absolute atomic E-state index is 0.111. The molecule has 0 bridgehead atoms. The summed E-state index contributed by atoms with van der Waals surface area (Å²) in [5.74, 6) is -0.706. The summed E-state index contributed by atoms with van der Waals surface area (Å²) in [6.07, 6.45) is 3.90. The van der Waals surface area contributed by atoms with Crippen molar-refractivity contribution in [1.82, 2.24) is 10.2 Å². The van der Waals surface area contributed by atoms with Crippen molar-refractivity contribution in [3.63, 3.8) is 0 Å². The molecule has 4 nitrogen and oxygen atoms in total. The van der Waals surface area contributed by atoms with Gasteiger partial charge in [-0.2, -0.15) is 5.26 Å². The van der Waals surface area contributed by atoms with Crippen molar-refractivity contribution in [2.24, 2.45) is 5.92 Å². The van der Waals surface area contributed by atoms with E-state index in [0.29, 0.717) is 12.5 Å². The number of benzene rings is 1. The fourth-order valence-electron chi connectivity index (χ4n) is 3.58. The number of carbonyl (C=O) groups excluding carboxylic acids is 1. The zero-order valence-electron chi connectivity index (χ0n) is 12.2. The van der Waals surface area contributed by atoms with Gasteiger partial charge in [0.25, 0.3) is 0 Å². The monoisotopic (exact) mass is 283 g/mol. The summed E-state index contributed by atoms with van der Waals surface area (Å²) in [4.78, 5) is 14.8. The highest BCUT2D eigenvalue weighted by Gasteiger charge is 2.38. The number of nitrogens with zero attached hydrogens (tertiary/aromatic N) is 2. The van der Waals surface area contributed by atoms with Crippen molar-refractivity contribution >= 4 is 5.91 Å². The average Bonchev–Trinajstić information content (AvgIpc) is 3.11. The molecular weight excluding hydrogens is 262 g/mol. The number of fused-ring (bicyclic) bond motifs is 1. The van der Waals surface area contributed by atoms with Crippen molar-refractivity contribution in [2.75, 3.05) is 13.1 Å². The van der Waals surface area contributed by atoms with Crippen molar-refractivity contribution < 1.29 is 4.79 Å². The quantitative estimate of drug-likeness (QED) is 0.915. The van der Waals surface area contributed by atoms with Gasteiger partial charge in [0.1, 0.15) is 5.92 Å². The van der Waals surface area contributed by atoms with Gasteiger partial charge in [-0.15, -0.1) is 0 Å². The third-order valence-electron chi connectivity index (χ3n) is 4.69. The Morgan fingerprint density at radius 3 is 2.90 bits per heavy atom. The van der Waals surface area contributed by atoms with Gasteiger partial charge in [0.2, 0.25) is 5.91 Å². The van der Waals surface area contributed by atoms with E-state index in [4.69, 9.17) is 0 Å². The van der Waals surface area contributed by atoms with Crippen molar-refractivity contribution in [2.45, 2.75) is 37.8 Å². The summed E-state index contributed by atoms with van der Waals surface area (Å²) >= 11 is 0. The van der Waals surface area contributed by atoms with Crippen LogP contribution >= 0.6 is 0 Å². The molecule has 2 fully saturated rings. The van der Waals surface area contributed by atoms with E-state index in [1.165, 1.54) is 12.8 Å².